The van der Waals surface area contributed by atoms with Crippen molar-refractivity contribution in [1.82, 2.24) is 19.9 Å². The molecule has 4 heteroatoms. The molecule has 4 heterocycles. The summed E-state index contributed by atoms with van der Waals surface area (Å²) in [5, 5.41) is 0. The number of aromatic nitrogens is 4. The van der Waals surface area contributed by atoms with Crippen molar-refractivity contribution in [1.29, 1.82) is 0 Å². The third kappa shape index (κ3) is 8.60. The molecule has 67 heavy (non-hydrogen) atoms. The van der Waals surface area contributed by atoms with Crippen LogP contribution in [0, 0.1) is 6.92 Å². The molecule has 0 aliphatic rings. The Morgan fingerprint density at radius 1 is 0.224 bits per heavy atom. The van der Waals surface area contributed by atoms with Crippen LogP contribution in [0.1, 0.15) is 5.56 Å². The first-order valence-corrected chi connectivity index (χ1v) is 22.6. The molecule has 11 rings (SSSR count). The molecule has 0 bridgehead atoms. The Balaban J connectivity index is 1.02. The van der Waals surface area contributed by atoms with Gasteiger partial charge in [0, 0.05) is 63.7 Å². The number of hydrogen-bond acceptors (Lipinski definition) is 4. The molecule has 0 aliphatic heterocycles. The highest BCUT2D eigenvalue weighted by molar-refractivity contribution is 5.94. The molecular weight excluding hydrogens is 813 g/mol. The second-order valence-corrected chi connectivity index (χ2v) is 16.8. The number of pyridine rings is 4. The van der Waals surface area contributed by atoms with Crippen molar-refractivity contribution in [2.24, 2.45) is 0 Å². The van der Waals surface area contributed by atoms with Crippen LogP contribution in [-0.4, -0.2) is 19.9 Å². The Bertz CT molecular complexity index is 3330. The molecule has 0 radical (unpaired) electrons. The van der Waals surface area contributed by atoms with E-state index in [0.29, 0.717) is 0 Å². The van der Waals surface area contributed by atoms with E-state index in [1.54, 1.807) is 0 Å². The quantitative estimate of drug-likeness (QED) is 0.137. The summed E-state index contributed by atoms with van der Waals surface area (Å²) < 4.78 is 0. The molecule has 0 aliphatic carbocycles. The Labute approximate surface area is 391 Å². The Kier molecular flexibility index (Phi) is 11.2. The molecule has 0 fully saturated rings. The fourth-order valence-corrected chi connectivity index (χ4v) is 8.92. The minimum absolute atomic E-state index is 0.895. The summed E-state index contributed by atoms with van der Waals surface area (Å²) in [6, 6.07) is 79.1. The minimum atomic E-state index is 0.895. The molecule has 0 atom stereocenters. The third-order valence-corrected chi connectivity index (χ3v) is 12.4. The number of rotatable bonds is 10. The van der Waals surface area contributed by atoms with Gasteiger partial charge in [-0.2, -0.15) is 0 Å². The first-order valence-electron chi connectivity index (χ1n) is 22.6. The number of hydrogen-bond donors (Lipinski definition) is 0. The zero-order valence-corrected chi connectivity index (χ0v) is 37.0. The largest absolute Gasteiger partial charge is 0.256 e. The highest BCUT2D eigenvalue weighted by Crippen LogP contribution is 2.42. The van der Waals surface area contributed by atoms with Gasteiger partial charge >= 0.3 is 0 Å². The van der Waals surface area contributed by atoms with E-state index in [4.69, 9.17) is 15.0 Å². The maximum atomic E-state index is 5.04. The van der Waals surface area contributed by atoms with Crippen molar-refractivity contribution in [3.05, 3.63) is 255 Å². The Morgan fingerprint density at radius 3 is 0.925 bits per heavy atom. The second kappa shape index (κ2) is 18.3. The van der Waals surface area contributed by atoms with E-state index >= 15 is 0 Å². The van der Waals surface area contributed by atoms with Crippen molar-refractivity contribution in [2.45, 2.75) is 6.92 Å². The highest BCUT2D eigenvalue weighted by Gasteiger charge is 2.17. The van der Waals surface area contributed by atoms with E-state index in [0.717, 1.165) is 112 Å². The van der Waals surface area contributed by atoms with Crippen LogP contribution in [0.4, 0.5) is 0 Å². The van der Waals surface area contributed by atoms with Gasteiger partial charge in [-0.3, -0.25) is 19.9 Å². The monoisotopic (exact) mass is 856 g/mol. The van der Waals surface area contributed by atoms with Gasteiger partial charge in [-0.25, -0.2) is 0 Å². The van der Waals surface area contributed by atoms with Gasteiger partial charge in [0.25, 0.3) is 0 Å². The van der Waals surface area contributed by atoms with E-state index in [2.05, 4.69) is 194 Å². The van der Waals surface area contributed by atoms with Crippen molar-refractivity contribution < 1.29 is 0 Å². The van der Waals surface area contributed by atoms with Crippen molar-refractivity contribution in [3.63, 3.8) is 0 Å². The normalized spacial score (nSPS) is 11.1. The summed E-state index contributed by atoms with van der Waals surface area (Å²) >= 11 is 0. The van der Waals surface area contributed by atoms with Crippen LogP contribution in [-0.2, 0) is 0 Å². The van der Waals surface area contributed by atoms with Crippen molar-refractivity contribution >= 4 is 0 Å². The van der Waals surface area contributed by atoms with Crippen molar-refractivity contribution in [2.75, 3.05) is 0 Å². The van der Waals surface area contributed by atoms with Crippen LogP contribution in [0.15, 0.2) is 249 Å². The van der Waals surface area contributed by atoms with Crippen LogP contribution in [0.5, 0.6) is 0 Å². The predicted molar refractivity (Wildman–Crippen MR) is 277 cm³/mol. The maximum absolute atomic E-state index is 5.04. The van der Waals surface area contributed by atoms with Gasteiger partial charge in [-0.15, -0.1) is 0 Å². The SMILES string of the molecule is Cc1ccc(-c2cc(-c3ccc(-c4ccccc4-c4cc(-c5ccccc5-c5ccc(-c6ccccc6)nc5)cc(-c5ccccc5-c5ccc(-c6ccccc6)nc5)c4)cn3)ccn2)cc1. The fraction of sp³-hybridized carbons (Fsp3) is 0.0159. The average Bonchev–Trinajstić information content (AvgIpc) is 3.41. The molecular formula is C63H44N4. The molecule has 4 nitrogen and oxygen atoms in total. The fourth-order valence-electron chi connectivity index (χ4n) is 8.92. The summed E-state index contributed by atoms with van der Waals surface area (Å²) in [6.07, 6.45) is 7.85. The highest BCUT2D eigenvalue weighted by atomic mass is 14.7. The Morgan fingerprint density at radius 2 is 0.552 bits per heavy atom. The molecule has 11 aromatic rings. The average molecular weight is 857 g/mol. The van der Waals surface area contributed by atoms with Gasteiger partial charge in [-0.05, 0) is 106 Å². The summed E-state index contributed by atoms with van der Waals surface area (Å²) in [5.41, 5.74) is 22.4. The summed E-state index contributed by atoms with van der Waals surface area (Å²) in [4.78, 5) is 19.6. The van der Waals surface area contributed by atoms with E-state index in [1.165, 1.54) is 5.56 Å². The molecule has 316 valence electrons. The summed E-state index contributed by atoms with van der Waals surface area (Å²) in [6.45, 7) is 2.10. The summed E-state index contributed by atoms with van der Waals surface area (Å²) in [5.74, 6) is 0. The van der Waals surface area contributed by atoms with Gasteiger partial charge < -0.3 is 0 Å². The lowest BCUT2D eigenvalue weighted by Gasteiger charge is -2.18. The van der Waals surface area contributed by atoms with Crippen LogP contribution in [0.3, 0.4) is 0 Å². The molecule has 7 aromatic carbocycles. The topological polar surface area (TPSA) is 51.6 Å². The molecule has 4 aromatic heterocycles. The second-order valence-electron chi connectivity index (χ2n) is 16.8. The maximum Gasteiger partial charge on any atom is 0.0708 e. The zero-order valence-electron chi connectivity index (χ0n) is 37.0. The van der Waals surface area contributed by atoms with Gasteiger partial charge in [0.2, 0.25) is 0 Å². The molecule has 0 saturated carbocycles. The van der Waals surface area contributed by atoms with E-state index < -0.39 is 0 Å². The van der Waals surface area contributed by atoms with E-state index in [1.807, 2.05) is 67.3 Å². The number of nitrogens with zero attached hydrogens (tertiary/aromatic N) is 4. The lowest BCUT2D eigenvalue weighted by molar-refractivity contribution is 1.28. The molecule has 0 unspecified atom stereocenters. The van der Waals surface area contributed by atoms with Crippen LogP contribution >= 0.6 is 0 Å². The van der Waals surface area contributed by atoms with E-state index in [9.17, 15) is 0 Å². The van der Waals surface area contributed by atoms with Gasteiger partial charge in [0.1, 0.15) is 0 Å². The van der Waals surface area contributed by atoms with Crippen molar-refractivity contribution in [3.8, 4) is 112 Å². The Hall–Kier alpha value is -8.86. The molecule has 0 saturated heterocycles. The van der Waals surface area contributed by atoms with Gasteiger partial charge in [0.15, 0.2) is 0 Å². The standard InChI is InChI=1S/C63H44N4/c1-43-24-26-46(27-25-43)63-39-47(34-35-64-63)62-33-30-50(42-67-62)56-20-10-13-23-59(56)53-37-51(57-21-11-8-18-54(57)48-28-31-60(65-40-48)44-14-4-2-5-15-44)36-52(38-53)58-22-12-9-19-55(58)49-29-32-61(66-41-49)45-16-6-3-7-17-45/h2-42H,1H3. The van der Waals surface area contributed by atoms with E-state index in [-0.39, 0.29) is 0 Å². The lowest BCUT2D eigenvalue weighted by Crippen LogP contribution is -1.93. The predicted octanol–water partition coefficient (Wildman–Crippen LogP) is 16.2. The van der Waals surface area contributed by atoms with Crippen LogP contribution in [0.25, 0.3) is 112 Å². The third-order valence-electron chi connectivity index (χ3n) is 12.4. The number of benzene rings is 7. The lowest BCUT2D eigenvalue weighted by atomic mass is 9.86. The van der Waals surface area contributed by atoms with Crippen LogP contribution in [0.2, 0.25) is 0 Å². The first kappa shape index (κ1) is 40.9. The molecule has 0 N–H and O–H groups in total. The summed E-state index contributed by atoms with van der Waals surface area (Å²) in [7, 11) is 0. The van der Waals surface area contributed by atoms with Crippen LogP contribution < -0.4 is 0 Å². The first-order chi connectivity index (χ1) is 33.1. The minimum Gasteiger partial charge on any atom is -0.256 e. The van der Waals surface area contributed by atoms with Gasteiger partial charge in [0.05, 0.1) is 22.8 Å². The molecule has 0 spiro atoms. The molecule has 0 amide bonds. The smallest absolute Gasteiger partial charge is 0.0708 e. The number of aryl methyl sites for hydroxylation is 1. The van der Waals surface area contributed by atoms with Gasteiger partial charge in [-0.1, -0.05) is 181 Å². The zero-order chi connectivity index (χ0) is 44.9.